The van der Waals surface area contributed by atoms with E-state index in [1.165, 1.54) is 0 Å². The maximum Gasteiger partial charge on any atom is 0.123 e. The van der Waals surface area contributed by atoms with Gasteiger partial charge >= 0.3 is 0 Å². The monoisotopic (exact) mass is 289 g/mol. The van der Waals surface area contributed by atoms with Crippen LogP contribution in [0.4, 0.5) is 0 Å². The van der Waals surface area contributed by atoms with Crippen LogP contribution in [0.2, 0.25) is 0 Å². The fourth-order valence-corrected chi connectivity index (χ4v) is 3.77. The average molecular weight is 289 g/mol. The van der Waals surface area contributed by atoms with Crippen molar-refractivity contribution in [1.82, 2.24) is 4.90 Å². The zero-order chi connectivity index (χ0) is 15.0. The minimum absolute atomic E-state index is 0.0796. The highest BCUT2D eigenvalue weighted by atomic mass is 16.5. The Morgan fingerprint density at radius 3 is 2.62 bits per heavy atom. The van der Waals surface area contributed by atoms with Gasteiger partial charge in [0.25, 0.3) is 0 Å². The topological polar surface area (TPSA) is 82.6 Å². The molecular weight excluding hydrogens is 266 g/mol. The van der Waals surface area contributed by atoms with Crippen molar-refractivity contribution >= 4 is 5.84 Å². The highest BCUT2D eigenvalue weighted by molar-refractivity contribution is 5.95. The molecule has 1 aromatic carbocycles. The number of amidine groups is 1. The Kier molecular flexibility index (Phi) is 3.87. The molecule has 21 heavy (non-hydrogen) atoms. The second-order valence-corrected chi connectivity index (χ2v) is 6.12. The molecule has 2 fully saturated rings. The van der Waals surface area contributed by atoms with E-state index in [2.05, 4.69) is 4.90 Å². The predicted molar refractivity (Wildman–Crippen MR) is 81.6 cm³/mol. The number of methoxy groups -OCH3 is 1. The number of aliphatic hydroxyl groups excluding tert-OH is 1. The van der Waals surface area contributed by atoms with Gasteiger partial charge in [-0.15, -0.1) is 0 Å². The molecule has 1 aromatic rings. The third kappa shape index (κ3) is 2.76. The fraction of sp³-hybridized carbons (Fsp3) is 0.562. The number of ether oxygens (including phenoxy) is 1. The molecule has 3 rings (SSSR count). The maximum atomic E-state index is 9.90. The number of piperidine rings is 1. The molecule has 2 saturated heterocycles. The van der Waals surface area contributed by atoms with E-state index in [0.29, 0.717) is 12.1 Å². The van der Waals surface area contributed by atoms with E-state index in [1.807, 2.05) is 18.2 Å². The molecule has 5 nitrogen and oxygen atoms in total. The second-order valence-electron chi connectivity index (χ2n) is 6.12. The lowest BCUT2D eigenvalue weighted by atomic mass is 9.98. The first kappa shape index (κ1) is 14.4. The number of aliphatic hydroxyl groups is 1. The third-order valence-electron chi connectivity index (χ3n) is 4.80. The second kappa shape index (κ2) is 5.66. The zero-order valence-electron chi connectivity index (χ0n) is 12.4. The number of hydrogen-bond donors (Lipinski definition) is 3. The van der Waals surface area contributed by atoms with Gasteiger partial charge in [0.1, 0.15) is 11.6 Å². The highest BCUT2D eigenvalue weighted by Crippen LogP contribution is 2.37. The molecule has 0 radical (unpaired) electrons. The Hall–Kier alpha value is -1.59. The molecule has 114 valence electrons. The molecule has 0 aromatic heterocycles. The van der Waals surface area contributed by atoms with Crippen molar-refractivity contribution in [3.8, 4) is 5.75 Å². The van der Waals surface area contributed by atoms with Gasteiger partial charge in [-0.3, -0.25) is 10.3 Å². The average Bonchev–Trinajstić information content (AvgIpc) is 2.70. The summed E-state index contributed by atoms with van der Waals surface area (Å²) in [7, 11) is 1.67. The zero-order valence-corrected chi connectivity index (χ0v) is 12.4. The van der Waals surface area contributed by atoms with Gasteiger partial charge in [0.15, 0.2) is 0 Å². The van der Waals surface area contributed by atoms with Crippen molar-refractivity contribution in [2.24, 2.45) is 5.73 Å². The molecular formula is C16H23N3O2. The molecule has 5 heteroatoms. The Balaban J connectivity index is 1.84. The lowest BCUT2D eigenvalue weighted by Gasteiger charge is -2.37. The van der Waals surface area contributed by atoms with Crippen LogP contribution in [0.5, 0.6) is 5.75 Å². The molecule has 2 bridgehead atoms. The summed E-state index contributed by atoms with van der Waals surface area (Å²) in [6, 6.07) is 6.58. The molecule has 2 heterocycles. The number of hydrogen-bond acceptors (Lipinski definition) is 4. The normalized spacial score (nSPS) is 28.6. The lowest BCUT2D eigenvalue weighted by Crippen LogP contribution is -2.44. The number of nitrogens with zero attached hydrogens (tertiary/aromatic N) is 1. The van der Waals surface area contributed by atoms with E-state index in [4.69, 9.17) is 15.9 Å². The van der Waals surface area contributed by atoms with E-state index in [9.17, 15) is 5.11 Å². The van der Waals surface area contributed by atoms with Gasteiger partial charge in [-0.1, -0.05) is 0 Å². The third-order valence-corrected chi connectivity index (χ3v) is 4.80. The van der Waals surface area contributed by atoms with Crippen LogP contribution in [0, 0.1) is 5.41 Å². The van der Waals surface area contributed by atoms with Gasteiger partial charge in [-0.2, -0.15) is 0 Å². The van der Waals surface area contributed by atoms with Crippen LogP contribution >= 0.6 is 0 Å². The van der Waals surface area contributed by atoms with Crippen molar-refractivity contribution < 1.29 is 9.84 Å². The van der Waals surface area contributed by atoms with Crippen LogP contribution in [0.1, 0.15) is 36.8 Å². The summed E-state index contributed by atoms with van der Waals surface area (Å²) in [5, 5.41) is 17.5. The van der Waals surface area contributed by atoms with Crippen LogP contribution in [0.25, 0.3) is 0 Å². The molecule has 0 amide bonds. The number of nitrogens with two attached hydrogens (primary N) is 1. The van der Waals surface area contributed by atoms with E-state index >= 15 is 0 Å². The van der Waals surface area contributed by atoms with Gasteiger partial charge in [0.05, 0.1) is 13.2 Å². The smallest absolute Gasteiger partial charge is 0.123 e. The Bertz CT molecular complexity index is 532. The van der Waals surface area contributed by atoms with Crippen molar-refractivity contribution in [2.45, 2.75) is 50.4 Å². The first-order valence-corrected chi connectivity index (χ1v) is 7.53. The maximum absolute atomic E-state index is 9.90. The Labute approximate surface area is 125 Å². The van der Waals surface area contributed by atoms with Gasteiger partial charge < -0.3 is 15.6 Å². The van der Waals surface area contributed by atoms with Crippen LogP contribution in [0.3, 0.4) is 0 Å². The van der Waals surface area contributed by atoms with Gasteiger partial charge in [-0.05, 0) is 43.9 Å². The van der Waals surface area contributed by atoms with Crippen molar-refractivity contribution in [1.29, 1.82) is 5.41 Å². The number of rotatable bonds is 4. The quantitative estimate of drug-likeness (QED) is 0.579. The molecule has 0 aliphatic carbocycles. The van der Waals surface area contributed by atoms with Crippen molar-refractivity contribution in [3.05, 3.63) is 29.3 Å². The minimum Gasteiger partial charge on any atom is -0.496 e. The lowest BCUT2D eigenvalue weighted by molar-refractivity contribution is 0.0307. The van der Waals surface area contributed by atoms with E-state index in [0.717, 1.165) is 49.1 Å². The summed E-state index contributed by atoms with van der Waals surface area (Å²) < 4.78 is 5.45. The van der Waals surface area contributed by atoms with Crippen LogP contribution in [-0.2, 0) is 6.54 Å². The number of benzene rings is 1. The van der Waals surface area contributed by atoms with Crippen LogP contribution in [-0.4, -0.2) is 41.1 Å². The van der Waals surface area contributed by atoms with Crippen molar-refractivity contribution in [2.75, 3.05) is 7.11 Å². The highest BCUT2D eigenvalue weighted by Gasteiger charge is 2.40. The minimum atomic E-state index is -0.149. The molecule has 0 saturated carbocycles. The van der Waals surface area contributed by atoms with Gasteiger partial charge in [0.2, 0.25) is 0 Å². The predicted octanol–water partition coefficient (Wildman–Crippen LogP) is 1.47. The number of fused-ring (bicyclic) bond motifs is 2. The molecule has 2 atom stereocenters. The van der Waals surface area contributed by atoms with E-state index in [-0.39, 0.29) is 11.9 Å². The summed E-state index contributed by atoms with van der Waals surface area (Å²) in [6.07, 6.45) is 3.91. The summed E-state index contributed by atoms with van der Waals surface area (Å²) in [6.45, 7) is 0.798. The SMILES string of the molecule is COc1ccc(C(=N)N)cc1CN1C2CCC1CC(O)C2. The van der Waals surface area contributed by atoms with Gasteiger partial charge in [0, 0.05) is 29.8 Å². The van der Waals surface area contributed by atoms with Crippen LogP contribution < -0.4 is 10.5 Å². The van der Waals surface area contributed by atoms with Crippen molar-refractivity contribution in [3.63, 3.8) is 0 Å². The van der Waals surface area contributed by atoms with E-state index in [1.54, 1.807) is 7.11 Å². The molecule has 0 spiro atoms. The first-order valence-electron chi connectivity index (χ1n) is 7.53. The summed E-state index contributed by atoms with van der Waals surface area (Å²) >= 11 is 0. The molecule has 2 aliphatic heterocycles. The molecule has 2 unspecified atom stereocenters. The van der Waals surface area contributed by atoms with E-state index < -0.39 is 0 Å². The fourth-order valence-electron chi connectivity index (χ4n) is 3.77. The number of nitrogens with one attached hydrogen (secondary N) is 1. The van der Waals surface area contributed by atoms with Gasteiger partial charge in [-0.25, -0.2) is 0 Å². The Morgan fingerprint density at radius 2 is 2.05 bits per heavy atom. The Morgan fingerprint density at radius 1 is 1.38 bits per heavy atom. The standard InChI is InChI=1S/C16H23N3O2/c1-21-15-5-2-10(16(17)18)6-11(15)9-19-12-3-4-13(19)8-14(20)7-12/h2,5-6,12-14,20H,3-4,7-9H2,1H3,(H3,17,18). The largest absolute Gasteiger partial charge is 0.496 e. The first-order chi connectivity index (χ1) is 10.1. The molecule has 4 N–H and O–H groups in total. The summed E-state index contributed by atoms with van der Waals surface area (Å²) in [5.41, 5.74) is 7.39. The number of nitrogen functional groups attached to an aromatic ring is 1. The molecule has 2 aliphatic rings. The summed E-state index contributed by atoms with van der Waals surface area (Å²) in [4.78, 5) is 2.48. The van der Waals surface area contributed by atoms with Crippen LogP contribution in [0.15, 0.2) is 18.2 Å². The summed E-state index contributed by atoms with van der Waals surface area (Å²) in [5.74, 6) is 0.918.